The zero-order valence-electron chi connectivity index (χ0n) is 19.9. The number of ether oxygens (including phenoxy) is 3. The summed E-state index contributed by atoms with van der Waals surface area (Å²) < 4.78 is 21.5. The average Bonchev–Trinajstić information content (AvgIpc) is 2.85. The van der Waals surface area contributed by atoms with Crippen molar-refractivity contribution in [3.63, 3.8) is 0 Å². The Hall–Kier alpha value is -4.27. The van der Waals surface area contributed by atoms with Crippen molar-refractivity contribution >= 4 is 11.7 Å². The van der Waals surface area contributed by atoms with Crippen LogP contribution in [0.25, 0.3) is 0 Å². The third-order valence-corrected chi connectivity index (χ3v) is 5.48. The average molecular weight is 482 g/mol. The number of amides is 1. The number of carbonyl (C=O) groups excluding carboxylic acids is 2. The van der Waals surface area contributed by atoms with E-state index >= 15 is 0 Å². The van der Waals surface area contributed by atoms with E-state index in [4.69, 9.17) is 18.6 Å². The van der Waals surface area contributed by atoms with Gasteiger partial charge in [0.2, 0.25) is 11.7 Å². The van der Waals surface area contributed by atoms with E-state index < -0.39 is 17.5 Å². The van der Waals surface area contributed by atoms with Gasteiger partial charge in [-0.25, -0.2) is 4.79 Å². The maximum Gasteiger partial charge on any atom is 0.343 e. The molecule has 2 N–H and O–H groups in total. The number of benzene rings is 2. The third-order valence-electron chi connectivity index (χ3n) is 5.48. The molecule has 1 aromatic heterocycles. The highest BCUT2D eigenvalue weighted by Crippen LogP contribution is 2.45. The maximum absolute atomic E-state index is 12.9. The first-order chi connectivity index (χ1) is 16.8. The van der Waals surface area contributed by atoms with Crippen LogP contribution in [-0.4, -0.2) is 44.7 Å². The topological polar surface area (TPSA) is 124 Å². The van der Waals surface area contributed by atoms with Gasteiger partial charge in [0.05, 0.1) is 33.4 Å². The van der Waals surface area contributed by atoms with E-state index in [2.05, 4.69) is 5.32 Å². The fraction of sp³-hybridized carbons (Fsp3) is 0.269. The number of hydrogen-bond acceptors (Lipinski definition) is 8. The number of rotatable bonds is 10. The largest absolute Gasteiger partial charge is 0.507 e. The van der Waals surface area contributed by atoms with Gasteiger partial charge in [-0.3, -0.25) is 9.59 Å². The van der Waals surface area contributed by atoms with Crippen LogP contribution in [0.5, 0.6) is 23.0 Å². The molecule has 0 aliphatic carbocycles. The molecule has 3 rings (SSSR count). The second-order valence-corrected chi connectivity index (χ2v) is 7.69. The molecule has 9 heteroatoms. The van der Waals surface area contributed by atoms with Crippen molar-refractivity contribution in [2.24, 2.45) is 0 Å². The van der Waals surface area contributed by atoms with Crippen molar-refractivity contribution in [2.75, 3.05) is 27.9 Å². The highest BCUT2D eigenvalue weighted by molar-refractivity contribution is 5.99. The minimum atomic E-state index is -0.978. The monoisotopic (exact) mass is 481 g/mol. The van der Waals surface area contributed by atoms with Crippen LogP contribution in [0, 0.1) is 6.92 Å². The first-order valence-electron chi connectivity index (χ1n) is 10.8. The van der Waals surface area contributed by atoms with E-state index in [1.54, 1.807) is 42.5 Å². The molecule has 0 saturated carbocycles. The van der Waals surface area contributed by atoms with Gasteiger partial charge in [0.25, 0.3) is 0 Å². The smallest absolute Gasteiger partial charge is 0.343 e. The first-order valence-corrected chi connectivity index (χ1v) is 10.8. The molecule has 3 aromatic rings. The molecule has 1 atom stereocenters. The number of nitrogens with one attached hydrogen (secondary N) is 1. The zero-order valence-corrected chi connectivity index (χ0v) is 19.9. The number of aromatic hydroxyl groups is 1. The Labute approximate surface area is 202 Å². The molecule has 0 bridgehead atoms. The van der Waals surface area contributed by atoms with Crippen molar-refractivity contribution in [2.45, 2.75) is 19.3 Å². The van der Waals surface area contributed by atoms with Crippen LogP contribution in [0.1, 0.15) is 39.6 Å². The van der Waals surface area contributed by atoms with Crippen molar-refractivity contribution in [1.82, 2.24) is 5.32 Å². The minimum absolute atomic E-state index is 0.120. The summed E-state index contributed by atoms with van der Waals surface area (Å²) in [5.74, 6) is -1.01. The number of ketones is 1. The van der Waals surface area contributed by atoms with Crippen LogP contribution in [0.3, 0.4) is 0 Å². The summed E-state index contributed by atoms with van der Waals surface area (Å²) in [6, 6.07) is 13.1. The van der Waals surface area contributed by atoms with E-state index in [0.717, 1.165) is 0 Å². The van der Waals surface area contributed by atoms with Crippen molar-refractivity contribution in [3.8, 4) is 23.0 Å². The Morgan fingerprint density at radius 3 is 2.29 bits per heavy atom. The van der Waals surface area contributed by atoms with E-state index in [0.29, 0.717) is 16.9 Å². The molecule has 184 valence electrons. The lowest BCUT2D eigenvalue weighted by Gasteiger charge is -2.22. The number of aryl methyl sites for hydroxylation is 1. The molecule has 0 unspecified atom stereocenters. The SMILES string of the molecule is COc1ccc([C@@H](CC(=O)NCC(=O)c2ccccc2)c2c(O)cc(C)oc2=O)c(OC)c1OC. The summed E-state index contributed by atoms with van der Waals surface area (Å²) in [5.41, 5.74) is -0.0629. The van der Waals surface area contributed by atoms with E-state index in [1.165, 1.54) is 34.3 Å². The molecule has 0 fully saturated rings. The van der Waals surface area contributed by atoms with Crippen LogP contribution in [0.15, 0.2) is 57.7 Å². The van der Waals surface area contributed by atoms with Gasteiger partial charge in [-0.1, -0.05) is 36.4 Å². The van der Waals surface area contributed by atoms with Crippen LogP contribution < -0.4 is 25.2 Å². The zero-order chi connectivity index (χ0) is 25.5. The Bertz CT molecular complexity index is 1270. The number of carbonyl (C=O) groups is 2. The summed E-state index contributed by atoms with van der Waals surface area (Å²) in [6.07, 6.45) is -0.282. The van der Waals surface area contributed by atoms with Gasteiger partial charge in [-0.2, -0.15) is 0 Å². The summed E-state index contributed by atoms with van der Waals surface area (Å²) >= 11 is 0. The van der Waals surface area contributed by atoms with Gasteiger partial charge in [0.15, 0.2) is 17.3 Å². The van der Waals surface area contributed by atoms with Crippen molar-refractivity contribution in [3.05, 3.63) is 81.4 Å². The summed E-state index contributed by atoms with van der Waals surface area (Å²) in [5, 5.41) is 13.2. The van der Waals surface area contributed by atoms with E-state index in [-0.39, 0.29) is 47.3 Å². The van der Waals surface area contributed by atoms with Gasteiger partial charge in [-0.15, -0.1) is 0 Å². The van der Waals surface area contributed by atoms with Gasteiger partial charge in [-0.05, 0) is 13.0 Å². The van der Waals surface area contributed by atoms with Crippen molar-refractivity contribution < 1.29 is 33.3 Å². The molecule has 9 nitrogen and oxygen atoms in total. The van der Waals surface area contributed by atoms with Crippen LogP contribution in [0.2, 0.25) is 0 Å². The highest BCUT2D eigenvalue weighted by Gasteiger charge is 2.30. The molecule has 1 heterocycles. The number of Topliss-reactive ketones (excluding diaryl/α,β-unsaturated/α-hetero) is 1. The summed E-state index contributed by atoms with van der Waals surface area (Å²) in [7, 11) is 4.30. The van der Waals surface area contributed by atoms with Gasteiger partial charge >= 0.3 is 5.63 Å². The predicted octanol–water partition coefficient (Wildman–Crippen LogP) is 3.20. The molecule has 1 amide bonds. The molecule has 0 aliphatic heterocycles. The maximum atomic E-state index is 12.9. The van der Waals surface area contributed by atoms with Gasteiger partial charge in [0.1, 0.15) is 11.5 Å². The third kappa shape index (κ3) is 5.63. The second kappa shape index (κ2) is 11.2. The lowest BCUT2D eigenvalue weighted by Crippen LogP contribution is -2.31. The van der Waals surface area contributed by atoms with Crippen LogP contribution in [-0.2, 0) is 4.79 Å². The highest BCUT2D eigenvalue weighted by atomic mass is 16.5. The fourth-order valence-electron chi connectivity index (χ4n) is 3.86. The first kappa shape index (κ1) is 25.4. The Morgan fingerprint density at radius 2 is 1.69 bits per heavy atom. The lowest BCUT2D eigenvalue weighted by atomic mass is 9.87. The standard InChI is InChI=1S/C26H27NO8/c1-15-12-19(28)23(26(31)35-15)18(17-10-11-21(32-2)25(34-4)24(17)33-3)13-22(30)27-14-20(29)16-8-6-5-7-9-16/h5-12,18,28H,13-14H2,1-4H3,(H,27,30)/t18-/m1/s1. The minimum Gasteiger partial charge on any atom is -0.507 e. The Kier molecular flexibility index (Phi) is 8.14. The normalized spacial score (nSPS) is 11.4. The number of methoxy groups -OCH3 is 3. The quantitative estimate of drug-likeness (QED) is 0.423. The molecule has 0 radical (unpaired) electrons. The summed E-state index contributed by atoms with van der Waals surface area (Å²) in [4.78, 5) is 38.1. The van der Waals surface area contributed by atoms with Gasteiger partial charge in [0, 0.05) is 29.5 Å². The molecule has 0 spiro atoms. The van der Waals surface area contributed by atoms with Crippen molar-refractivity contribution in [1.29, 1.82) is 0 Å². The molecular weight excluding hydrogens is 454 g/mol. The summed E-state index contributed by atoms with van der Waals surface area (Å²) in [6.45, 7) is 1.30. The second-order valence-electron chi connectivity index (χ2n) is 7.69. The van der Waals surface area contributed by atoms with Gasteiger partial charge < -0.3 is 29.1 Å². The molecule has 2 aromatic carbocycles. The Balaban J connectivity index is 2.00. The number of hydrogen-bond donors (Lipinski definition) is 2. The molecule has 0 aliphatic rings. The molecular formula is C26H27NO8. The lowest BCUT2D eigenvalue weighted by molar-refractivity contribution is -0.121. The molecule has 35 heavy (non-hydrogen) atoms. The predicted molar refractivity (Wildman–Crippen MR) is 128 cm³/mol. The Morgan fingerprint density at radius 1 is 1.00 bits per heavy atom. The molecule has 0 saturated heterocycles. The van der Waals surface area contributed by atoms with Crippen LogP contribution in [0.4, 0.5) is 0 Å². The van der Waals surface area contributed by atoms with Crippen LogP contribution >= 0.6 is 0 Å². The van der Waals surface area contributed by atoms with E-state index in [9.17, 15) is 19.5 Å². The van der Waals surface area contributed by atoms with E-state index in [1.807, 2.05) is 0 Å². The fourth-order valence-corrected chi connectivity index (χ4v) is 3.86.